The maximum absolute atomic E-state index is 12.5. The van der Waals surface area contributed by atoms with Crippen LogP contribution in [0, 0.1) is 3.57 Å². The summed E-state index contributed by atoms with van der Waals surface area (Å²) in [6.45, 7) is 3.94. The largest absolute Gasteiger partial charge is 0.334 e. The summed E-state index contributed by atoms with van der Waals surface area (Å²) in [4.78, 5) is 17.0. The van der Waals surface area contributed by atoms with E-state index in [9.17, 15) is 4.79 Å². The molecule has 1 amide bonds. The van der Waals surface area contributed by atoms with Gasteiger partial charge in [0.2, 0.25) is 0 Å². The number of fused-ring (bicyclic) bond motifs is 1. The van der Waals surface area contributed by atoms with Gasteiger partial charge in [-0.25, -0.2) is 0 Å². The highest BCUT2D eigenvalue weighted by atomic mass is 127. The van der Waals surface area contributed by atoms with Crippen LogP contribution in [0.5, 0.6) is 0 Å². The standard InChI is InChI=1S/C12H17IN4O/c1-15-11(10(13)7-14-15)12(18)17-6-5-16-4-2-3-9(16)8-17/h7,9H,2-6,8H2,1H3. The molecule has 1 aromatic rings. The molecule has 2 aliphatic rings. The number of nitrogens with zero attached hydrogens (tertiary/aromatic N) is 4. The molecule has 0 bridgehead atoms. The van der Waals surface area contributed by atoms with Crippen molar-refractivity contribution in [3.8, 4) is 0 Å². The number of carbonyl (C=O) groups excluding carboxylic acids is 1. The van der Waals surface area contributed by atoms with Gasteiger partial charge in [-0.2, -0.15) is 5.10 Å². The molecule has 5 nitrogen and oxygen atoms in total. The van der Waals surface area contributed by atoms with Crippen molar-refractivity contribution in [3.63, 3.8) is 0 Å². The number of piperazine rings is 1. The Kier molecular flexibility index (Phi) is 3.31. The lowest BCUT2D eigenvalue weighted by Crippen LogP contribution is -2.52. The Hall–Kier alpha value is -0.630. The highest BCUT2D eigenvalue weighted by Gasteiger charge is 2.33. The molecule has 0 saturated carbocycles. The molecule has 1 unspecified atom stereocenters. The van der Waals surface area contributed by atoms with E-state index in [0.717, 1.165) is 28.9 Å². The van der Waals surface area contributed by atoms with Gasteiger partial charge in [0, 0.05) is 32.7 Å². The predicted molar refractivity (Wildman–Crippen MR) is 76.4 cm³/mol. The zero-order valence-electron chi connectivity index (χ0n) is 10.5. The van der Waals surface area contributed by atoms with Crippen LogP contribution in [0.1, 0.15) is 23.3 Å². The van der Waals surface area contributed by atoms with Crippen LogP contribution in [-0.2, 0) is 7.05 Å². The highest BCUT2D eigenvalue weighted by molar-refractivity contribution is 14.1. The van der Waals surface area contributed by atoms with E-state index in [1.807, 2.05) is 11.9 Å². The van der Waals surface area contributed by atoms with Gasteiger partial charge in [-0.3, -0.25) is 14.4 Å². The Morgan fingerprint density at radius 3 is 3.00 bits per heavy atom. The molecule has 0 aliphatic carbocycles. The molecule has 0 radical (unpaired) electrons. The van der Waals surface area contributed by atoms with Crippen molar-refractivity contribution in [3.05, 3.63) is 15.5 Å². The van der Waals surface area contributed by atoms with Crippen molar-refractivity contribution >= 4 is 28.5 Å². The number of aromatic nitrogens is 2. The first kappa shape index (κ1) is 12.4. The second kappa shape index (κ2) is 4.80. The summed E-state index contributed by atoms with van der Waals surface area (Å²) < 4.78 is 2.62. The summed E-state index contributed by atoms with van der Waals surface area (Å²) in [7, 11) is 1.83. The molecule has 3 rings (SSSR count). The van der Waals surface area contributed by atoms with Crippen molar-refractivity contribution < 1.29 is 4.79 Å². The van der Waals surface area contributed by atoms with E-state index in [-0.39, 0.29) is 5.91 Å². The fourth-order valence-corrected chi connectivity index (χ4v) is 3.68. The highest BCUT2D eigenvalue weighted by Crippen LogP contribution is 2.23. The summed E-state index contributed by atoms with van der Waals surface area (Å²) in [6.07, 6.45) is 4.25. The van der Waals surface area contributed by atoms with Crippen LogP contribution in [0.2, 0.25) is 0 Å². The minimum atomic E-state index is 0.131. The van der Waals surface area contributed by atoms with Gasteiger partial charge in [-0.15, -0.1) is 0 Å². The average molecular weight is 360 g/mol. The SMILES string of the molecule is Cn1ncc(I)c1C(=O)N1CCN2CCCC2C1. The number of halogens is 1. The van der Waals surface area contributed by atoms with Crippen LogP contribution >= 0.6 is 22.6 Å². The molecule has 1 atom stereocenters. The number of hydrogen-bond acceptors (Lipinski definition) is 3. The molecule has 1 aromatic heterocycles. The van der Waals surface area contributed by atoms with Gasteiger partial charge < -0.3 is 4.90 Å². The van der Waals surface area contributed by atoms with E-state index in [1.54, 1.807) is 10.9 Å². The summed E-state index contributed by atoms with van der Waals surface area (Å²) in [5.41, 5.74) is 0.724. The van der Waals surface area contributed by atoms with Crippen LogP contribution in [-0.4, -0.2) is 57.7 Å². The van der Waals surface area contributed by atoms with Crippen molar-refractivity contribution in [1.29, 1.82) is 0 Å². The van der Waals surface area contributed by atoms with Crippen LogP contribution < -0.4 is 0 Å². The lowest BCUT2D eigenvalue weighted by Gasteiger charge is -2.37. The van der Waals surface area contributed by atoms with E-state index >= 15 is 0 Å². The molecular formula is C12H17IN4O. The molecule has 0 N–H and O–H groups in total. The van der Waals surface area contributed by atoms with Crippen LogP contribution in [0.15, 0.2) is 6.20 Å². The third kappa shape index (κ3) is 2.05. The molecule has 18 heavy (non-hydrogen) atoms. The van der Waals surface area contributed by atoms with Crippen molar-refractivity contribution in [1.82, 2.24) is 19.6 Å². The monoisotopic (exact) mass is 360 g/mol. The van der Waals surface area contributed by atoms with Gasteiger partial charge in [0.05, 0.1) is 9.77 Å². The Bertz CT molecular complexity index is 453. The van der Waals surface area contributed by atoms with Crippen LogP contribution in [0.4, 0.5) is 0 Å². The van der Waals surface area contributed by atoms with Crippen molar-refractivity contribution in [2.75, 3.05) is 26.2 Å². The molecule has 3 heterocycles. The van der Waals surface area contributed by atoms with E-state index in [1.165, 1.54) is 19.4 Å². The number of carbonyl (C=O) groups is 1. The molecule has 2 saturated heterocycles. The second-order valence-corrected chi connectivity index (χ2v) is 6.21. The Morgan fingerprint density at radius 1 is 1.44 bits per heavy atom. The first-order valence-electron chi connectivity index (χ1n) is 6.37. The van der Waals surface area contributed by atoms with E-state index < -0.39 is 0 Å². The van der Waals surface area contributed by atoms with Gasteiger partial charge >= 0.3 is 0 Å². The molecule has 2 aliphatic heterocycles. The number of aryl methyl sites for hydroxylation is 1. The lowest BCUT2D eigenvalue weighted by molar-refractivity contribution is 0.0560. The first-order valence-corrected chi connectivity index (χ1v) is 7.45. The fraction of sp³-hybridized carbons (Fsp3) is 0.667. The fourth-order valence-electron chi connectivity index (χ4n) is 2.98. The topological polar surface area (TPSA) is 41.4 Å². The molecule has 6 heteroatoms. The molecular weight excluding hydrogens is 343 g/mol. The minimum Gasteiger partial charge on any atom is -0.334 e. The molecule has 2 fully saturated rings. The van der Waals surface area contributed by atoms with Crippen LogP contribution in [0.3, 0.4) is 0 Å². The number of amides is 1. The van der Waals surface area contributed by atoms with Gasteiger partial charge in [-0.1, -0.05) is 0 Å². The van der Waals surface area contributed by atoms with Gasteiger partial charge in [-0.05, 0) is 42.0 Å². The average Bonchev–Trinajstić information content (AvgIpc) is 2.94. The summed E-state index contributed by atoms with van der Waals surface area (Å²) in [5.74, 6) is 0.131. The minimum absolute atomic E-state index is 0.131. The summed E-state index contributed by atoms with van der Waals surface area (Å²) >= 11 is 2.18. The normalized spacial score (nSPS) is 24.3. The van der Waals surface area contributed by atoms with E-state index in [0.29, 0.717) is 6.04 Å². The third-order valence-corrected chi connectivity index (χ3v) is 4.76. The molecule has 0 aromatic carbocycles. The Morgan fingerprint density at radius 2 is 2.28 bits per heavy atom. The first-order chi connectivity index (χ1) is 8.66. The molecule has 98 valence electrons. The zero-order chi connectivity index (χ0) is 12.7. The Balaban J connectivity index is 1.77. The molecule has 0 spiro atoms. The van der Waals surface area contributed by atoms with E-state index in [4.69, 9.17) is 0 Å². The smallest absolute Gasteiger partial charge is 0.273 e. The van der Waals surface area contributed by atoms with Crippen LogP contribution in [0.25, 0.3) is 0 Å². The van der Waals surface area contributed by atoms with Crippen molar-refractivity contribution in [2.24, 2.45) is 7.05 Å². The van der Waals surface area contributed by atoms with E-state index in [2.05, 4.69) is 32.6 Å². The maximum atomic E-state index is 12.5. The zero-order valence-corrected chi connectivity index (χ0v) is 12.6. The summed E-state index contributed by atoms with van der Waals surface area (Å²) in [5, 5.41) is 4.15. The maximum Gasteiger partial charge on any atom is 0.273 e. The van der Waals surface area contributed by atoms with Gasteiger partial charge in [0.15, 0.2) is 0 Å². The predicted octanol–water partition coefficient (Wildman–Crippen LogP) is 0.945. The van der Waals surface area contributed by atoms with Crippen molar-refractivity contribution in [2.45, 2.75) is 18.9 Å². The van der Waals surface area contributed by atoms with Gasteiger partial charge in [0.1, 0.15) is 5.69 Å². The second-order valence-electron chi connectivity index (χ2n) is 5.05. The number of hydrogen-bond donors (Lipinski definition) is 0. The quantitative estimate of drug-likeness (QED) is 0.701. The van der Waals surface area contributed by atoms with Gasteiger partial charge in [0.25, 0.3) is 5.91 Å². The lowest BCUT2D eigenvalue weighted by atomic mass is 10.1. The third-order valence-electron chi connectivity index (χ3n) is 3.97. The number of rotatable bonds is 1. The summed E-state index contributed by atoms with van der Waals surface area (Å²) in [6, 6.07) is 0.577. The Labute approximate surface area is 120 Å².